The largest absolute Gasteiger partial charge is 0.354 e. The van der Waals surface area contributed by atoms with Crippen LogP contribution in [0.4, 0.5) is 10.3 Å². The Morgan fingerprint density at radius 1 is 0.971 bits per heavy atom. The fraction of sp³-hybridized carbons (Fsp3) is 0.125. The van der Waals surface area contributed by atoms with Crippen molar-refractivity contribution in [1.29, 1.82) is 0 Å². The molecule has 0 saturated carbocycles. The van der Waals surface area contributed by atoms with Gasteiger partial charge in [0.2, 0.25) is 16.0 Å². The lowest BCUT2D eigenvalue weighted by Gasteiger charge is -2.09. The van der Waals surface area contributed by atoms with Gasteiger partial charge in [-0.3, -0.25) is 4.40 Å². The van der Waals surface area contributed by atoms with Gasteiger partial charge in [-0.15, -0.1) is 11.3 Å². The highest BCUT2D eigenvalue weighted by Gasteiger charge is 2.18. The summed E-state index contributed by atoms with van der Waals surface area (Å²) in [4.78, 5) is 14.7. The normalized spacial score (nSPS) is 11.7. The molecule has 0 radical (unpaired) electrons. The first-order valence-corrected chi connectivity index (χ1v) is 13.2. The van der Waals surface area contributed by atoms with Crippen molar-refractivity contribution < 1.29 is 12.8 Å². The second kappa shape index (κ2) is 9.90. The lowest BCUT2D eigenvalue weighted by molar-refractivity contribution is 0.579. The zero-order chi connectivity index (χ0) is 24.3. The Morgan fingerprint density at radius 2 is 1.77 bits per heavy atom. The molecule has 5 rings (SSSR count). The Kier molecular flexibility index (Phi) is 6.53. The van der Waals surface area contributed by atoms with Gasteiger partial charge < -0.3 is 5.32 Å². The van der Waals surface area contributed by atoms with E-state index in [0.29, 0.717) is 18.9 Å². The first kappa shape index (κ1) is 23.1. The number of hydrogen-bond donors (Lipinski definition) is 2. The number of benzene rings is 2. The zero-order valence-corrected chi connectivity index (χ0v) is 20.1. The van der Waals surface area contributed by atoms with Gasteiger partial charge in [-0.25, -0.2) is 32.5 Å². The number of fused-ring (bicyclic) bond motifs is 1. The molecule has 2 N–H and O–H groups in total. The van der Waals surface area contributed by atoms with E-state index in [1.165, 1.54) is 12.1 Å². The molecule has 0 saturated heterocycles. The minimum atomic E-state index is -3.69. The molecule has 35 heavy (non-hydrogen) atoms. The molecule has 0 bridgehead atoms. The number of imidazole rings is 1. The van der Waals surface area contributed by atoms with Gasteiger partial charge in [0.05, 0.1) is 16.3 Å². The summed E-state index contributed by atoms with van der Waals surface area (Å²) < 4.78 is 42.2. The van der Waals surface area contributed by atoms with Crippen LogP contribution in [-0.2, 0) is 10.0 Å². The Bertz CT molecular complexity index is 1550. The number of aromatic nitrogens is 4. The summed E-state index contributed by atoms with van der Waals surface area (Å²) in [5.74, 6) is -0.0463. The topological polar surface area (TPSA) is 101 Å². The molecule has 5 aromatic rings. The van der Waals surface area contributed by atoms with Crippen molar-refractivity contribution in [3.05, 3.63) is 84.3 Å². The Morgan fingerprint density at radius 3 is 2.57 bits per heavy atom. The summed E-state index contributed by atoms with van der Waals surface area (Å²) in [6, 6.07) is 16.5. The standard InChI is InChI=1S/C24H21FN6O2S2/c25-18-7-9-19(10-8-18)35(32,33)28-13-4-12-26-23-27-14-11-20(29-23)22-21(17-5-2-1-3-6-17)30-24-31(22)15-16-34-24/h1-3,5-11,14-16,28H,4,12-13H2,(H,26,27,29). The number of thiazole rings is 1. The minimum absolute atomic E-state index is 0.0256. The van der Waals surface area contributed by atoms with Crippen LogP contribution in [0.5, 0.6) is 0 Å². The van der Waals surface area contributed by atoms with Gasteiger partial charge >= 0.3 is 0 Å². The molecule has 0 aliphatic carbocycles. The Hall–Kier alpha value is -3.67. The highest BCUT2D eigenvalue weighted by Crippen LogP contribution is 2.33. The Balaban J connectivity index is 1.26. The van der Waals surface area contributed by atoms with E-state index in [4.69, 9.17) is 4.98 Å². The molecule has 0 amide bonds. The summed E-state index contributed by atoms with van der Waals surface area (Å²) in [6.45, 7) is 0.671. The van der Waals surface area contributed by atoms with Crippen LogP contribution < -0.4 is 10.0 Å². The Labute approximate surface area is 205 Å². The average molecular weight is 509 g/mol. The molecule has 2 aromatic carbocycles. The molecule has 11 heteroatoms. The number of sulfonamides is 1. The molecule has 0 atom stereocenters. The highest BCUT2D eigenvalue weighted by molar-refractivity contribution is 7.89. The molecule has 178 valence electrons. The summed E-state index contributed by atoms with van der Waals surface area (Å²) in [5, 5.41) is 5.13. The lowest BCUT2D eigenvalue weighted by Crippen LogP contribution is -2.26. The highest BCUT2D eigenvalue weighted by atomic mass is 32.2. The van der Waals surface area contributed by atoms with Gasteiger partial charge in [-0.05, 0) is 36.8 Å². The minimum Gasteiger partial charge on any atom is -0.354 e. The van der Waals surface area contributed by atoms with Crippen molar-refractivity contribution in [2.75, 3.05) is 18.4 Å². The van der Waals surface area contributed by atoms with Crippen molar-refractivity contribution in [3.63, 3.8) is 0 Å². The number of rotatable bonds is 9. The molecule has 0 unspecified atom stereocenters. The molecule has 0 aliphatic heterocycles. The quantitative estimate of drug-likeness (QED) is 0.286. The number of anilines is 1. The van der Waals surface area contributed by atoms with Crippen molar-refractivity contribution in [1.82, 2.24) is 24.1 Å². The predicted octanol–water partition coefficient (Wildman–Crippen LogP) is 4.44. The van der Waals surface area contributed by atoms with Crippen molar-refractivity contribution >= 4 is 32.3 Å². The summed E-state index contributed by atoms with van der Waals surface area (Å²) in [5.41, 5.74) is 3.45. The number of nitrogens with zero attached hydrogens (tertiary/aromatic N) is 4. The zero-order valence-electron chi connectivity index (χ0n) is 18.4. The van der Waals surface area contributed by atoms with E-state index in [0.717, 1.165) is 39.7 Å². The number of halogens is 1. The molecule has 0 aliphatic rings. The molecule has 3 heterocycles. The fourth-order valence-electron chi connectivity index (χ4n) is 3.60. The first-order chi connectivity index (χ1) is 17.0. The van der Waals surface area contributed by atoms with Gasteiger partial charge in [0.15, 0.2) is 4.96 Å². The molecule has 0 fully saturated rings. The van der Waals surface area contributed by atoms with Crippen LogP contribution in [0.25, 0.3) is 27.6 Å². The maximum atomic E-state index is 13.0. The maximum absolute atomic E-state index is 13.0. The fourth-order valence-corrected chi connectivity index (χ4v) is 5.38. The number of hydrogen-bond acceptors (Lipinski definition) is 7. The predicted molar refractivity (Wildman–Crippen MR) is 134 cm³/mol. The SMILES string of the molecule is O=S(=O)(NCCCNc1nccc(-c2c(-c3ccccc3)nc3sccn23)n1)c1ccc(F)cc1. The summed E-state index contributed by atoms with van der Waals surface area (Å²) in [6.07, 6.45) is 4.16. The van der Waals surface area contributed by atoms with Crippen LogP contribution in [0.1, 0.15) is 6.42 Å². The molecule has 3 aromatic heterocycles. The van der Waals surface area contributed by atoms with Crippen LogP contribution >= 0.6 is 11.3 Å². The monoisotopic (exact) mass is 508 g/mol. The van der Waals surface area contributed by atoms with E-state index in [-0.39, 0.29) is 11.4 Å². The summed E-state index contributed by atoms with van der Waals surface area (Å²) >= 11 is 1.55. The van der Waals surface area contributed by atoms with E-state index < -0.39 is 15.8 Å². The lowest BCUT2D eigenvalue weighted by atomic mass is 10.1. The van der Waals surface area contributed by atoms with Gasteiger partial charge in [-0.2, -0.15) is 0 Å². The van der Waals surface area contributed by atoms with Crippen molar-refractivity contribution in [2.24, 2.45) is 0 Å². The first-order valence-electron chi connectivity index (χ1n) is 10.8. The van der Waals surface area contributed by atoms with Gasteiger partial charge in [0.25, 0.3) is 0 Å². The van der Waals surface area contributed by atoms with E-state index in [9.17, 15) is 12.8 Å². The smallest absolute Gasteiger partial charge is 0.240 e. The van der Waals surface area contributed by atoms with E-state index in [1.54, 1.807) is 17.5 Å². The van der Waals surface area contributed by atoms with Crippen LogP contribution in [-0.4, -0.2) is 40.9 Å². The van der Waals surface area contributed by atoms with Gasteiger partial charge in [0.1, 0.15) is 11.5 Å². The third-order valence-corrected chi connectivity index (χ3v) is 7.49. The van der Waals surface area contributed by atoms with Crippen LogP contribution in [0.15, 0.2) is 83.3 Å². The maximum Gasteiger partial charge on any atom is 0.240 e. The third-order valence-electron chi connectivity index (χ3n) is 5.26. The van der Waals surface area contributed by atoms with Crippen LogP contribution in [0.3, 0.4) is 0 Å². The van der Waals surface area contributed by atoms with Crippen molar-refractivity contribution in [3.8, 4) is 22.6 Å². The van der Waals surface area contributed by atoms with E-state index >= 15 is 0 Å². The number of nitrogens with one attached hydrogen (secondary N) is 2. The molecule has 8 nitrogen and oxygen atoms in total. The van der Waals surface area contributed by atoms with E-state index in [1.807, 2.05) is 52.4 Å². The second-order valence-electron chi connectivity index (χ2n) is 7.63. The summed E-state index contributed by atoms with van der Waals surface area (Å²) in [7, 11) is -3.69. The van der Waals surface area contributed by atoms with Crippen LogP contribution in [0, 0.1) is 5.82 Å². The third kappa shape index (κ3) is 5.06. The molecule has 0 spiro atoms. The van der Waals surface area contributed by atoms with Crippen molar-refractivity contribution in [2.45, 2.75) is 11.3 Å². The average Bonchev–Trinajstić information content (AvgIpc) is 3.46. The molecular weight excluding hydrogens is 487 g/mol. The van der Waals surface area contributed by atoms with E-state index in [2.05, 4.69) is 20.0 Å². The van der Waals surface area contributed by atoms with Gasteiger partial charge in [0, 0.05) is 36.4 Å². The molecular formula is C24H21FN6O2S2. The second-order valence-corrected chi connectivity index (χ2v) is 10.3. The van der Waals surface area contributed by atoms with Gasteiger partial charge in [-0.1, -0.05) is 30.3 Å². The van der Waals surface area contributed by atoms with Crippen LogP contribution in [0.2, 0.25) is 0 Å².